The zero-order valence-electron chi connectivity index (χ0n) is 15.5. The molecule has 0 spiro atoms. The van der Waals surface area contributed by atoms with E-state index in [0.29, 0.717) is 0 Å². The molecule has 0 aliphatic rings. The molecule has 0 aliphatic carbocycles. The molecule has 0 N–H and O–H groups in total. The van der Waals surface area contributed by atoms with Crippen LogP contribution < -0.4 is 14.2 Å². The normalized spacial score (nSPS) is 11.5. The first-order valence-corrected chi connectivity index (χ1v) is 13.0. The SMILES string of the molecule is C(=C(\[Te]c1ccccc1)c1ccccc1)/P(c1ccccc1)c1ccccc1. The Morgan fingerprint density at radius 1 is 0.536 bits per heavy atom. The van der Waals surface area contributed by atoms with Gasteiger partial charge in [0.2, 0.25) is 0 Å². The molecule has 0 aromatic heterocycles. The van der Waals surface area contributed by atoms with Crippen molar-refractivity contribution >= 4 is 46.7 Å². The summed E-state index contributed by atoms with van der Waals surface area (Å²) in [5.74, 6) is 2.56. The molecule has 0 nitrogen and oxygen atoms in total. The average molecular weight is 492 g/mol. The second-order valence-electron chi connectivity index (χ2n) is 6.32. The summed E-state index contributed by atoms with van der Waals surface area (Å²) in [5, 5.41) is 2.80. The average Bonchev–Trinajstić information content (AvgIpc) is 2.79. The van der Waals surface area contributed by atoms with Crippen molar-refractivity contribution in [2.45, 2.75) is 0 Å². The van der Waals surface area contributed by atoms with Gasteiger partial charge in [-0.25, -0.2) is 0 Å². The molecular weight excluding hydrogens is 471 g/mol. The minimum atomic E-state index is -0.540. The predicted octanol–water partition coefficient (Wildman–Crippen LogP) is 5.15. The molecule has 0 saturated heterocycles. The Hall–Kier alpha value is -2.16. The molecule has 0 aliphatic heterocycles. The van der Waals surface area contributed by atoms with Crippen LogP contribution in [0.25, 0.3) is 3.62 Å². The van der Waals surface area contributed by atoms with Crippen LogP contribution in [0.1, 0.15) is 5.56 Å². The molecule has 0 unspecified atom stereocenters. The predicted molar refractivity (Wildman–Crippen MR) is 125 cm³/mol. The van der Waals surface area contributed by atoms with Crippen molar-refractivity contribution in [3.63, 3.8) is 0 Å². The van der Waals surface area contributed by atoms with Crippen LogP contribution in [0.4, 0.5) is 0 Å². The molecule has 136 valence electrons. The van der Waals surface area contributed by atoms with Crippen LogP contribution >= 0.6 is 7.92 Å². The monoisotopic (exact) mass is 494 g/mol. The maximum atomic E-state index is 2.56. The van der Waals surface area contributed by atoms with Gasteiger partial charge >= 0.3 is 179 Å². The van der Waals surface area contributed by atoms with E-state index in [9.17, 15) is 0 Å². The van der Waals surface area contributed by atoms with Crippen molar-refractivity contribution in [3.05, 3.63) is 133 Å². The summed E-state index contributed by atoms with van der Waals surface area (Å²) in [7, 11) is -0.540. The van der Waals surface area contributed by atoms with E-state index in [4.69, 9.17) is 0 Å². The van der Waals surface area contributed by atoms with Crippen LogP contribution in [-0.2, 0) is 0 Å². The van der Waals surface area contributed by atoms with Crippen molar-refractivity contribution in [1.29, 1.82) is 0 Å². The first kappa shape index (κ1) is 19.2. The summed E-state index contributed by atoms with van der Waals surface area (Å²) >= 11 is -0.475. The van der Waals surface area contributed by atoms with Crippen LogP contribution in [0.5, 0.6) is 0 Å². The fourth-order valence-electron chi connectivity index (χ4n) is 2.97. The third-order valence-corrected chi connectivity index (χ3v) is 10.2. The van der Waals surface area contributed by atoms with E-state index in [1.54, 1.807) is 0 Å². The molecule has 4 aromatic carbocycles. The third kappa shape index (κ3) is 5.01. The quantitative estimate of drug-likeness (QED) is 0.258. The van der Waals surface area contributed by atoms with Crippen molar-refractivity contribution in [2.75, 3.05) is 0 Å². The number of hydrogen-bond donors (Lipinski definition) is 0. The van der Waals surface area contributed by atoms with Crippen molar-refractivity contribution < 1.29 is 0 Å². The van der Waals surface area contributed by atoms with E-state index in [-0.39, 0.29) is 0 Å². The Bertz CT molecular complexity index is 974. The van der Waals surface area contributed by atoms with E-state index in [2.05, 4.69) is 127 Å². The zero-order chi connectivity index (χ0) is 19.0. The molecule has 0 saturated carbocycles. The van der Waals surface area contributed by atoms with Crippen LogP contribution in [-0.4, -0.2) is 20.9 Å². The summed E-state index contributed by atoms with van der Waals surface area (Å²) in [4.78, 5) is 0. The molecule has 0 radical (unpaired) electrons. The molecule has 0 atom stereocenters. The van der Waals surface area contributed by atoms with Gasteiger partial charge in [-0.1, -0.05) is 0 Å². The molecule has 0 heterocycles. The summed E-state index contributed by atoms with van der Waals surface area (Å²) in [6.45, 7) is 0. The van der Waals surface area contributed by atoms with E-state index in [1.807, 2.05) is 0 Å². The summed E-state index contributed by atoms with van der Waals surface area (Å²) < 4.78 is 2.98. The van der Waals surface area contributed by atoms with E-state index in [1.165, 1.54) is 23.4 Å². The Labute approximate surface area is 178 Å². The second-order valence-corrected chi connectivity index (χ2v) is 11.5. The molecule has 4 aromatic rings. The van der Waals surface area contributed by atoms with Crippen molar-refractivity contribution in [2.24, 2.45) is 0 Å². The molecular formula is C26H21PTe. The van der Waals surface area contributed by atoms with E-state index >= 15 is 0 Å². The Morgan fingerprint density at radius 2 is 0.964 bits per heavy atom. The minimum absolute atomic E-state index is 0.475. The van der Waals surface area contributed by atoms with Crippen molar-refractivity contribution in [1.82, 2.24) is 0 Å². The van der Waals surface area contributed by atoms with E-state index < -0.39 is 28.8 Å². The van der Waals surface area contributed by atoms with Crippen molar-refractivity contribution in [3.8, 4) is 0 Å². The standard InChI is InChI=1S/C26H21PTe/c1-5-13-22(14-6-1)26(28-25-19-11-4-12-20-25)21-27(23-15-7-2-8-16-23)24-17-9-3-10-18-24/h1-21H/b26-21+. The molecule has 0 bridgehead atoms. The fourth-order valence-corrected chi connectivity index (χ4v) is 8.63. The number of benzene rings is 4. The van der Waals surface area contributed by atoms with E-state index in [0.717, 1.165) is 0 Å². The first-order valence-electron chi connectivity index (χ1n) is 9.30. The van der Waals surface area contributed by atoms with Gasteiger partial charge in [0, 0.05) is 0 Å². The number of rotatable bonds is 6. The molecule has 0 amide bonds. The summed E-state index contributed by atoms with van der Waals surface area (Å²) in [5.41, 5.74) is 1.35. The third-order valence-electron chi connectivity index (χ3n) is 4.34. The van der Waals surface area contributed by atoms with Gasteiger partial charge in [0.1, 0.15) is 0 Å². The van der Waals surface area contributed by atoms with Gasteiger partial charge in [-0.2, -0.15) is 0 Å². The summed E-state index contributed by atoms with van der Waals surface area (Å²) in [6, 6.07) is 43.7. The van der Waals surface area contributed by atoms with Gasteiger partial charge in [0.05, 0.1) is 0 Å². The van der Waals surface area contributed by atoms with Gasteiger partial charge in [-0.15, -0.1) is 0 Å². The Morgan fingerprint density at radius 3 is 1.46 bits per heavy atom. The Kier molecular flexibility index (Phi) is 6.75. The van der Waals surface area contributed by atoms with Gasteiger partial charge in [0.25, 0.3) is 0 Å². The second kappa shape index (κ2) is 9.86. The first-order chi connectivity index (χ1) is 13.9. The van der Waals surface area contributed by atoms with Crippen LogP contribution in [0.15, 0.2) is 127 Å². The van der Waals surface area contributed by atoms with Gasteiger partial charge in [-0.05, 0) is 0 Å². The van der Waals surface area contributed by atoms with Gasteiger partial charge in [-0.3, -0.25) is 0 Å². The van der Waals surface area contributed by atoms with Crippen LogP contribution in [0.2, 0.25) is 0 Å². The van der Waals surface area contributed by atoms with Gasteiger partial charge in [0.15, 0.2) is 0 Å². The molecule has 4 rings (SSSR count). The van der Waals surface area contributed by atoms with Gasteiger partial charge < -0.3 is 0 Å². The molecule has 2 heteroatoms. The topological polar surface area (TPSA) is 0 Å². The van der Waals surface area contributed by atoms with Crippen LogP contribution in [0.3, 0.4) is 0 Å². The molecule has 28 heavy (non-hydrogen) atoms. The maximum absolute atomic E-state index is 2.56. The Balaban J connectivity index is 1.81. The number of hydrogen-bond acceptors (Lipinski definition) is 0. The zero-order valence-corrected chi connectivity index (χ0v) is 18.7. The molecule has 0 fully saturated rings. The fraction of sp³-hybridized carbons (Fsp3) is 0. The summed E-state index contributed by atoms with van der Waals surface area (Å²) in [6.07, 6.45) is 0. The van der Waals surface area contributed by atoms with Crippen LogP contribution in [0, 0.1) is 0 Å².